The molecule has 2 rings (SSSR count). The van der Waals surface area contributed by atoms with Gasteiger partial charge in [-0.1, -0.05) is 56.3 Å². The second-order valence-corrected chi connectivity index (χ2v) is 6.53. The fourth-order valence-electron chi connectivity index (χ4n) is 2.61. The van der Waals surface area contributed by atoms with Crippen LogP contribution in [0.25, 0.3) is 6.08 Å². The molecule has 0 fully saturated rings. The second-order valence-electron chi connectivity index (χ2n) is 6.53. The predicted octanol–water partition coefficient (Wildman–Crippen LogP) is 3.55. The molecule has 128 valence electrons. The highest BCUT2D eigenvalue weighted by Crippen LogP contribution is 2.08. The maximum Gasteiger partial charge on any atom is 0.223 e. The number of carbonyl (C=O) groups is 1. The zero-order valence-electron chi connectivity index (χ0n) is 14.9. The van der Waals surface area contributed by atoms with Gasteiger partial charge in [-0.2, -0.15) is 5.10 Å². The van der Waals surface area contributed by atoms with Crippen LogP contribution in [0.4, 0.5) is 0 Å². The van der Waals surface area contributed by atoms with Crippen molar-refractivity contribution >= 4 is 12.0 Å². The van der Waals surface area contributed by atoms with Crippen molar-refractivity contribution in [2.24, 2.45) is 13.0 Å². The van der Waals surface area contributed by atoms with E-state index >= 15 is 0 Å². The molecule has 2 aromatic rings. The maximum absolute atomic E-state index is 12.6. The van der Waals surface area contributed by atoms with E-state index in [-0.39, 0.29) is 5.91 Å². The minimum Gasteiger partial charge on any atom is -0.339 e. The van der Waals surface area contributed by atoms with Crippen molar-refractivity contribution in [2.45, 2.75) is 26.7 Å². The van der Waals surface area contributed by atoms with Gasteiger partial charge in [0.1, 0.15) is 0 Å². The van der Waals surface area contributed by atoms with Crippen LogP contribution >= 0.6 is 0 Å². The molecular formula is C20H27N3O. The summed E-state index contributed by atoms with van der Waals surface area (Å²) < 4.78 is 1.77. The van der Waals surface area contributed by atoms with Gasteiger partial charge in [-0.3, -0.25) is 9.48 Å². The van der Waals surface area contributed by atoms with Crippen LogP contribution in [0.5, 0.6) is 0 Å². The SMILES string of the molecule is CC(C)CN(CC=Cc1ccccc1)C(=O)CCc1cnn(C)c1. The summed E-state index contributed by atoms with van der Waals surface area (Å²) in [6.45, 7) is 5.72. The average Bonchev–Trinajstić information content (AvgIpc) is 2.98. The molecule has 0 N–H and O–H groups in total. The highest BCUT2D eigenvalue weighted by Gasteiger charge is 2.14. The van der Waals surface area contributed by atoms with Gasteiger partial charge in [0.25, 0.3) is 0 Å². The lowest BCUT2D eigenvalue weighted by molar-refractivity contribution is -0.131. The van der Waals surface area contributed by atoms with Crippen LogP contribution < -0.4 is 0 Å². The number of rotatable bonds is 8. The summed E-state index contributed by atoms with van der Waals surface area (Å²) in [5, 5.41) is 4.15. The van der Waals surface area contributed by atoms with Gasteiger partial charge in [0.05, 0.1) is 6.20 Å². The fraction of sp³-hybridized carbons (Fsp3) is 0.400. The van der Waals surface area contributed by atoms with Crippen molar-refractivity contribution in [2.75, 3.05) is 13.1 Å². The Morgan fingerprint density at radius 2 is 2.04 bits per heavy atom. The van der Waals surface area contributed by atoms with E-state index in [4.69, 9.17) is 0 Å². The van der Waals surface area contributed by atoms with Gasteiger partial charge in [-0.05, 0) is 23.5 Å². The Balaban J connectivity index is 1.91. The molecule has 0 saturated carbocycles. The van der Waals surface area contributed by atoms with Crippen molar-refractivity contribution < 1.29 is 4.79 Å². The van der Waals surface area contributed by atoms with E-state index in [9.17, 15) is 4.79 Å². The first kappa shape index (κ1) is 18.0. The summed E-state index contributed by atoms with van der Waals surface area (Å²) in [6.07, 6.45) is 9.20. The highest BCUT2D eigenvalue weighted by molar-refractivity contribution is 5.76. The highest BCUT2D eigenvalue weighted by atomic mass is 16.2. The summed E-state index contributed by atoms with van der Waals surface area (Å²) in [7, 11) is 1.89. The smallest absolute Gasteiger partial charge is 0.223 e. The Morgan fingerprint density at radius 3 is 2.67 bits per heavy atom. The lowest BCUT2D eigenvalue weighted by Gasteiger charge is -2.23. The first-order chi connectivity index (χ1) is 11.5. The molecule has 0 aliphatic heterocycles. The molecule has 0 atom stereocenters. The van der Waals surface area contributed by atoms with Crippen LogP contribution in [0.2, 0.25) is 0 Å². The lowest BCUT2D eigenvalue weighted by atomic mass is 10.1. The zero-order valence-corrected chi connectivity index (χ0v) is 14.9. The van der Waals surface area contributed by atoms with E-state index in [1.807, 2.05) is 42.5 Å². The third-order valence-corrected chi connectivity index (χ3v) is 3.76. The molecule has 1 heterocycles. The number of nitrogens with zero attached hydrogens (tertiary/aromatic N) is 3. The van der Waals surface area contributed by atoms with Crippen LogP contribution in [0, 0.1) is 5.92 Å². The number of hydrogen-bond donors (Lipinski definition) is 0. The fourth-order valence-corrected chi connectivity index (χ4v) is 2.61. The molecule has 4 nitrogen and oxygen atoms in total. The molecule has 0 radical (unpaired) electrons. The molecule has 4 heteroatoms. The minimum atomic E-state index is 0.199. The number of aryl methyl sites for hydroxylation is 2. The monoisotopic (exact) mass is 325 g/mol. The van der Waals surface area contributed by atoms with Crippen molar-refractivity contribution in [1.29, 1.82) is 0 Å². The van der Waals surface area contributed by atoms with Crippen LogP contribution in [0.1, 0.15) is 31.4 Å². The van der Waals surface area contributed by atoms with Gasteiger partial charge in [0.15, 0.2) is 0 Å². The van der Waals surface area contributed by atoms with Crippen molar-refractivity contribution in [3.63, 3.8) is 0 Å². The van der Waals surface area contributed by atoms with Gasteiger partial charge in [0, 0.05) is 32.8 Å². The van der Waals surface area contributed by atoms with Gasteiger partial charge in [0.2, 0.25) is 5.91 Å². The molecule has 0 unspecified atom stereocenters. The summed E-state index contributed by atoms with van der Waals surface area (Å²) in [6, 6.07) is 10.2. The maximum atomic E-state index is 12.6. The van der Waals surface area contributed by atoms with Crippen molar-refractivity contribution in [1.82, 2.24) is 14.7 Å². The Kier molecular flexibility index (Phi) is 6.79. The van der Waals surface area contributed by atoms with E-state index in [1.54, 1.807) is 4.68 Å². The zero-order chi connectivity index (χ0) is 17.4. The molecule has 0 spiro atoms. The second kappa shape index (κ2) is 9.06. The van der Waals surface area contributed by atoms with E-state index in [1.165, 1.54) is 0 Å². The standard InChI is InChI=1S/C20H27N3O/c1-17(2)15-23(13-7-10-18-8-5-4-6-9-18)20(24)12-11-19-14-21-22(3)16-19/h4-10,14,16-17H,11-13,15H2,1-3H3. The topological polar surface area (TPSA) is 38.1 Å². The van der Waals surface area contributed by atoms with E-state index in [2.05, 4.69) is 43.2 Å². The first-order valence-electron chi connectivity index (χ1n) is 8.51. The molecule has 0 bridgehead atoms. The summed E-state index contributed by atoms with van der Waals surface area (Å²) in [5.74, 6) is 0.655. The van der Waals surface area contributed by atoms with Gasteiger partial charge < -0.3 is 4.90 Å². The molecule has 0 aliphatic rings. The molecule has 24 heavy (non-hydrogen) atoms. The average molecular weight is 325 g/mol. The Bertz CT molecular complexity index is 659. The van der Waals surface area contributed by atoms with Gasteiger partial charge in [-0.25, -0.2) is 0 Å². The van der Waals surface area contributed by atoms with E-state index in [0.717, 1.165) is 24.1 Å². The molecule has 1 aromatic carbocycles. The van der Waals surface area contributed by atoms with Crippen molar-refractivity contribution in [3.8, 4) is 0 Å². The number of hydrogen-bond acceptors (Lipinski definition) is 2. The van der Waals surface area contributed by atoms with Crippen LogP contribution in [-0.4, -0.2) is 33.7 Å². The van der Waals surface area contributed by atoms with Crippen molar-refractivity contribution in [3.05, 3.63) is 59.9 Å². The quantitative estimate of drug-likeness (QED) is 0.744. The Morgan fingerprint density at radius 1 is 1.29 bits per heavy atom. The first-order valence-corrected chi connectivity index (χ1v) is 8.51. The van der Waals surface area contributed by atoms with E-state index < -0.39 is 0 Å². The molecule has 0 saturated heterocycles. The van der Waals surface area contributed by atoms with Gasteiger partial charge in [-0.15, -0.1) is 0 Å². The number of aromatic nitrogens is 2. The minimum absolute atomic E-state index is 0.199. The summed E-state index contributed by atoms with van der Waals surface area (Å²) in [5.41, 5.74) is 2.26. The molecule has 1 aromatic heterocycles. The van der Waals surface area contributed by atoms with Gasteiger partial charge >= 0.3 is 0 Å². The third kappa shape index (κ3) is 6.03. The molecule has 0 aliphatic carbocycles. The molecule has 1 amide bonds. The Labute approximate surface area is 144 Å². The summed E-state index contributed by atoms with van der Waals surface area (Å²) >= 11 is 0. The van der Waals surface area contributed by atoms with Crippen LogP contribution in [0.3, 0.4) is 0 Å². The predicted molar refractivity (Wildman–Crippen MR) is 98.4 cm³/mol. The van der Waals surface area contributed by atoms with Crippen LogP contribution in [0.15, 0.2) is 48.8 Å². The number of benzene rings is 1. The number of amides is 1. The Hall–Kier alpha value is -2.36. The molecular weight excluding hydrogens is 298 g/mol. The van der Waals surface area contributed by atoms with Crippen LogP contribution in [-0.2, 0) is 18.3 Å². The van der Waals surface area contributed by atoms with E-state index in [0.29, 0.717) is 18.9 Å². The lowest BCUT2D eigenvalue weighted by Crippen LogP contribution is -2.34. The third-order valence-electron chi connectivity index (χ3n) is 3.76. The normalized spacial score (nSPS) is 11.3. The number of carbonyl (C=O) groups excluding carboxylic acids is 1. The summed E-state index contributed by atoms with van der Waals surface area (Å²) in [4.78, 5) is 14.5. The largest absolute Gasteiger partial charge is 0.339 e.